The molecule has 1 fully saturated rings. The Morgan fingerprint density at radius 3 is 2.83 bits per heavy atom. The van der Waals surface area contributed by atoms with Crippen LogP contribution in [0.1, 0.15) is 42.6 Å². The smallest absolute Gasteiger partial charge is 0.308 e. The Labute approximate surface area is 139 Å². The third kappa shape index (κ3) is 3.61. The van der Waals surface area contributed by atoms with E-state index in [1.165, 1.54) is 0 Å². The number of aliphatic carboxylic acids is 1. The lowest BCUT2D eigenvalue weighted by molar-refractivity contribution is -0.142. The molecule has 3 rings (SSSR count). The van der Waals surface area contributed by atoms with Crippen molar-refractivity contribution in [3.05, 3.63) is 36.3 Å². The van der Waals surface area contributed by atoms with Crippen LogP contribution >= 0.6 is 0 Å². The number of carboxylic acid groups (broad SMARTS) is 1. The molecule has 2 heterocycles. The quantitative estimate of drug-likeness (QED) is 0.835. The molecule has 7 heteroatoms. The Balaban J connectivity index is 1.72. The fraction of sp³-hybridized carbons (Fsp3) is 0.412. The monoisotopic (exact) mass is 329 g/mol. The number of hydrogen-bond donors (Lipinski definition) is 2. The number of hydrogen-bond acceptors (Lipinski definition) is 5. The Morgan fingerprint density at radius 1 is 1.25 bits per heavy atom. The maximum Gasteiger partial charge on any atom is 0.308 e. The van der Waals surface area contributed by atoms with Gasteiger partial charge in [-0.3, -0.25) is 14.6 Å². The Morgan fingerprint density at radius 2 is 2.08 bits per heavy atom. The van der Waals surface area contributed by atoms with Crippen molar-refractivity contribution in [3.8, 4) is 11.3 Å². The minimum absolute atomic E-state index is 0.141. The zero-order chi connectivity index (χ0) is 16.9. The van der Waals surface area contributed by atoms with Crippen LogP contribution in [0.2, 0.25) is 0 Å². The van der Waals surface area contributed by atoms with E-state index < -0.39 is 17.8 Å². The Kier molecular flexibility index (Phi) is 4.88. The van der Waals surface area contributed by atoms with Crippen LogP contribution in [0, 0.1) is 5.92 Å². The number of pyridine rings is 1. The molecule has 2 aromatic heterocycles. The number of carbonyl (C=O) groups is 2. The molecule has 0 radical (unpaired) electrons. The van der Waals surface area contributed by atoms with E-state index in [0.29, 0.717) is 18.6 Å². The third-order valence-corrected chi connectivity index (χ3v) is 4.34. The fourth-order valence-corrected chi connectivity index (χ4v) is 3.05. The first-order chi connectivity index (χ1) is 11.6. The lowest BCUT2D eigenvalue weighted by atomic mass is 9.95. The summed E-state index contributed by atoms with van der Waals surface area (Å²) in [7, 11) is 0. The molecule has 0 spiro atoms. The van der Waals surface area contributed by atoms with E-state index in [1.807, 2.05) is 0 Å². The SMILES string of the molecule is O=C(N[C@H]1CCCCC[C@H]1C(=O)O)c1cc(-c2cccnc2)on1. The first-order valence-corrected chi connectivity index (χ1v) is 8.06. The van der Waals surface area contributed by atoms with Crippen LogP contribution in [-0.2, 0) is 4.79 Å². The molecule has 1 amide bonds. The predicted molar refractivity (Wildman–Crippen MR) is 85.2 cm³/mol. The van der Waals surface area contributed by atoms with Crippen molar-refractivity contribution in [1.82, 2.24) is 15.5 Å². The lowest BCUT2D eigenvalue weighted by Gasteiger charge is -2.22. The highest BCUT2D eigenvalue weighted by Crippen LogP contribution is 2.24. The summed E-state index contributed by atoms with van der Waals surface area (Å²) in [5, 5.41) is 16.0. The average Bonchev–Trinajstić information content (AvgIpc) is 2.97. The third-order valence-electron chi connectivity index (χ3n) is 4.34. The van der Waals surface area contributed by atoms with Crippen molar-refractivity contribution in [2.24, 2.45) is 5.92 Å². The molecular formula is C17H19N3O4. The fourth-order valence-electron chi connectivity index (χ4n) is 3.05. The Bertz CT molecular complexity index is 714. The van der Waals surface area contributed by atoms with Crippen molar-refractivity contribution in [2.45, 2.75) is 38.1 Å². The zero-order valence-corrected chi connectivity index (χ0v) is 13.1. The molecule has 24 heavy (non-hydrogen) atoms. The van der Waals surface area contributed by atoms with Gasteiger partial charge in [-0.25, -0.2) is 0 Å². The normalized spacial score (nSPS) is 21.0. The summed E-state index contributed by atoms with van der Waals surface area (Å²) in [6, 6.07) is 4.73. The number of nitrogens with one attached hydrogen (secondary N) is 1. The summed E-state index contributed by atoms with van der Waals surface area (Å²) >= 11 is 0. The largest absolute Gasteiger partial charge is 0.481 e. The van der Waals surface area contributed by atoms with E-state index in [0.717, 1.165) is 24.8 Å². The molecule has 1 saturated carbocycles. The lowest BCUT2D eigenvalue weighted by Crippen LogP contribution is -2.42. The second-order valence-corrected chi connectivity index (χ2v) is 5.98. The van der Waals surface area contributed by atoms with Gasteiger partial charge in [0.2, 0.25) is 0 Å². The zero-order valence-electron chi connectivity index (χ0n) is 13.1. The summed E-state index contributed by atoms with van der Waals surface area (Å²) in [5.41, 5.74) is 0.865. The minimum Gasteiger partial charge on any atom is -0.481 e. The van der Waals surface area contributed by atoms with Gasteiger partial charge in [-0.2, -0.15) is 0 Å². The topological polar surface area (TPSA) is 105 Å². The van der Waals surface area contributed by atoms with Gasteiger partial charge in [0.15, 0.2) is 11.5 Å². The number of rotatable bonds is 4. The van der Waals surface area contributed by atoms with Crippen molar-refractivity contribution in [3.63, 3.8) is 0 Å². The van der Waals surface area contributed by atoms with Crippen LogP contribution in [-0.4, -0.2) is 33.2 Å². The highest BCUT2D eigenvalue weighted by Gasteiger charge is 2.31. The maximum absolute atomic E-state index is 12.4. The molecule has 1 aliphatic rings. The van der Waals surface area contributed by atoms with E-state index in [9.17, 15) is 14.7 Å². The van der Waals surface area contributed by atoms with Gasteiger partial charge < -0.3 is 14.9 Å². The van der Waals surface area contributed by atoms with Crippen LogP contribution in [0.3, 0.4) is 0 Å². The van der Waals surface area contributed by atoms with Crippen LogP contribution in [0.25, 0.3) is 11.3 Å². The summed E-state index contributed by atoms with van der Waals surface area (Å²) in [5.74, 6) is -1.38. The van der Waals surface area contributed by atoms with Gasteiger partial charge in [0.1, 0.15) is 0 Å². The first kappa shape index (κ1) is 16.2. The van der Waals surface area contributed by atoms with Gasteiger partial charge in [-0.15, -0.1) is 0 Å². The molecule has 0 saturated heterocycles. The van der Waals surface area contributed by atoms with Gasteiger partial charge in [0.25, 0.3) is 5.91 Å². The minimum atomic E-state index is -0.863. The standard InChI is InChI=1S/C17H19N3O4/c21-16(19-13-7-3-1-2-6-12(13)17(22)23)14-9-15(24-20-14)11-5-4-8-18-10-11/h4-5,8-10,12-13H,1-3,6-7H2,(H,19,21)(H,22,23)/t12-,13+/m1/s1. The second-order valence-electron chi connectivity index (χ2n) is 5.98. The summed E-state index contributed by atoms with van der Waals surface area (Å²) in [6.07, 6.45) is 7.29. The Hall–Kier alpha value is -2.70. The van der Waals surface area contributed by atoms with Crippen molar-refractivity contribution >= 4 is 11.9 Å². The second kappa shape index (κ2) is 7.25. The molecular weight excluding hydrogens is 310 g/mol. The highest BCUT2D eigenvalue weighted by molar-refractivity contribution is 5.93. The summed E-state index contributed by atoms with van der Waals surface area (Å²) < 4.78 is 5.19. The highest BCUT2D eigenvalue weighted by atomic mass is 16.5. The van der Waals surface area contributed by atoms with Crippen LogP contribution in [0.5, 0.6) is 0 Å². The van der Waals surface area contributed by atoms with Gasteiger partial charge in [0, 0.05) is 30.1 Å². The van der Waals surface area contributed by atoms with Gasteiger partial charge in [0.05, 0.1) is 5.92 Å². The number of aromatic nitrogens is 2. The molecule has 0 aromatic carbocycles. The molecule has 0 aliphatic heterocycles. The molecule has 1 aliphatic carbocycles. The first-order valence-electron chi connectivity index (χ1n) is 8.06. The number of carbonyl (C=O) groups excluding carboxylic acids is 1. The van der Waals surface area contributed by atoms with E-state index in [-0.39, 0.29) is 11.7 Å². The van der Waals surface area contributed by atoms with E-state index in [4.69, 9.17) is 4.52 Å². The van der Waals surface area contributed by atoms with Gasteiger partial charge in [-0.1, -0.05) is 24.4 Å². The molecule has 126 valence electrons. The average molecular weight is 329 g/mol. The van der Waals surface area contributed by atoms with E-state index >= 15 is 0 Å². The van der Waals surface area contributed by atoms with Crippen LogP contribution in [0.15, 0.2) is 35.1 Å². The molecule has 2 aromatic rings. The van der Waals surface area contributed by atoms with Crippen LogP contribution < -0.4 is 5.32 Å². The van der Waals surface area contributed by atoms with Gasteiger partial charge in [-0.05, 0) is 25.0 Å². The molecule has 0 unspecified atom stereocenters. The molecule has 7 nitrogen and oxygen atoms in total. The van der Waals surface area contributed by atoms with Crippen molar-refractivity contribution < 1.29 is 19.2 Å². The van der Waals surface area contributed by atoms with Gasteiger partial charge >= 0.3 is 5.97 Å². The predicted octanol–water partition coefficient (Wildman–Crippen LogP) is 2.50. The van der Waals surface area contributed by atoms with Crippen molar-refractivity contribution in [1.29, 1.82) is 0 Å². The number of nitrogens with zero attached hydrogens (tertiary/aromatic N) is 2. The number of carboxylic acids is 1. The van der Waals surface area contributed by atoms with Crippen molar-refractivity contribution in [2.75, 3.05) is 0 Å². The maximum atomic E-state index is 12.4. The molecule has 2 atom stereocenters. The summed E-state index contributed by atoms with van der Waals surface area (Å²) in [6.45, 7) is 0. The summed E-state index contributed by atoms with van der Waals surface area (Å²) in [4.78, 5) is 27.8. The van der Waals surface area contributed by atoms with E-state index in [2.05, 4.69) is 15.5 Å². The van der Waals surface area contributed by atoms with E-state index in [1.54, 1.807) is 30.6 Å². The molecule has 0 bridgehead atoms. The number of amides is 1. The molecule has 2 N–H and O–H groups in total. The van der Waals surface area contributed by atoms with Crippen LogP contribution in [0.4, 0.5) is 0 Å².